The molecule has 1 fully saturated rings. The van der Waals surface area contributed by atoms with Gasteiger partial charge in [0.05, 0.1) is 17.8 Å². The highest BCUT2D eigenvalue weighted by atomic mass is 16.5. The summed E-state index contributed by atoms with van der Waals surface area (Å²) in [5.74, 6) is 6.04. The second kappa shape index (κ2) is 19.7. The van der Waals surface area contributed by atoms with Crippen LogP contribution in [0.25, 0.3) is 0 Å². The van der Waals surface area contributed by atoms with Gasteiger partial charge in [-0.15, -0.1) is 0 Å². The Morgan fingerprint density at radius 1 is 0.935 bits per heavy atom. The van der Waals surface area contributed by atoms with Crippen LogP contribution in [0.5, 0.6) is 5.75 Å². The van der Waals surface area contributed by atoms with Gasteiger partial charge in [0.15, 0.2) is 0 Å². The lowest BCUT2D eigenvalue weighted by Gasteiger charge is -2.31. The van der Waals surface area contributed by atoms with Crippen molar-refractivity contribution in [2.45, 2.75) is 91.6 Å². The number of carbonyl (C=O) groups is 4. The summed E-state index contributed by atoms with van der Waals surface area (Å²) in [5, 5.41) is 7.28. The molecule has 1 aromatic carbocycles. The molecule has 2 aliphatic heterocycles. The van der Waals surface area contributed by atoms with Gasteiger partial charge in [-0.05, 0) is 56.1 Å². The Balaban J connectivity index is 0.00000173. The molecule has 1 aromatic rings. The fourth-order valence-corrected chi connectivity index (χ4v) is 5.28. The summed E-state index contributed by atoms with van der Waals surface area (Å²) in [7, 11) is 1.58. The lowest BCUT2D eigenvalue weighted by atomic mass is 10.0. The Morgan fingerprint density at radius 3 is 2.30 bits per heavy atom. The number of likely N-dealkylation sites (N-methyl/N-ethyl adjacent to an activating group) is 1. The lowest BCUT2D eigenvalue weighted by Crippen LogP contribution is -2.54. The van der Waals surface area contributed by atoms with Gasteiger partial charge < -0.3 is 35.9 Å². The van der Waals surface area contributed by atoms with Crippen LogP contribution in [0.2, 0.25) is 0 Å². The molecule has 6 N–H and O–H groups in total. The van der Waals surface area contributed by atoms with E-state index in [1.807, 2.05) is 13.8 Å². The average molecular weight is 644 g/mol. The maximum Gasteiger partial charge on any atom is 0.255 e. The van der Waals surface area contributed by atoms with Crippen molar-refractivity contribution in [3.8, 4) is 5.75 Å². The number of carbonyl (C=O) groups excluding carboxylic acids is 4. The number of rotatable bonds is 2. The van der Waals surface area contributed by atoms with Crippen LogP contribution < -0.4 is 26.9 Å². The second-order valence-electron chi connectivity index (χ2n) is 13.3. The van der Waals surface area contributed by atoms with Crippen LogP contribution in [-0.4, -0.2) is 90.4 Å². The van der Waals surface area contributed by atoms with Gasteiger partial charge in [0.25, 0.3) is 5.91 Å². The number of hydrogen-bond acceptors (Lipinski definition) is 8. The quantitative estimate of drug-likeness (QED) is 0.358. The van der Waals surface area contributed by atoms with Gasteiger partial charge in [-0.3, -0.25) is 19.2 Å². The number of fused-ring (bicyclic) bond motifs is 2. The van der Waals surface area contributed by atoms with Gasteiger partial charge in [-0.1, -0.05) is 59.6 Å². The highest BCUT2D eigenvalue weighted by Gasteiger charge is 2.39. The van der Waals surface area contributed by atoms with Crippen molar-refractivity contribution in [1.82, 2.24) is 25.4 Å². The predicted molar refractivity (Wildman–Crippen MR) is 180 cm³/mol. The minimum atomic E-state index is -0.839. The smallest absolute Gasteiger partial charge is 0.255 e. The highest BCUT2D eigenvalue weighted by Crippen LogP contribution is 2.23. The molecule has 0 radical (unpaired) electrons. The molecule has 4 amide bonds. The van der Waals surface area contributed by atoms with E-state index < -0.39 is 18.0 Å². The first-order chi connectivity index (χ1) is 21.8. The van der Waals surface area contributed by atoms with Crippen LogP contribution in [0, 0.1) is 11.8 Å². The molecular formula is C34H57N7O5. The second-order valence-corrected chi connectivity index (χ2v) is 13.3. The van der Waals surface area contributed by atoms with E-state index >= 15 is 0 Å². The normalized spacial score (nSPS) is 22.8. The summed E-state index contributed by atoms with van der Waals surface area (Å²) in [6, 6.07) is 5.26. The van der Waals surface area contributed by atoms with E-state index in [1.165, 1.54) is 9.91 Å². The van der Waals surface area contributed by atoms with E-state index in [-0.39, 0.29) is 42.4 Å². The molecule has 12 nitrogen and oxygen atoms in total. The van der Waals surface area contributed by atoms with Crippen LogP contribution in [0.3, 0.4) is 0 Å². The molecule has 0 saturated carbocycles. The van der Waals surface area contributed by atoms with Gasteiger partial charge in [0, 0.05) is 32.9 Å². The van der Waals surface area contributed by atoms with Crippen molar-refractivity contribution >= 4 is 23.6 Å². The van der Waals surface area contributed by atoms with Gasteiger partial charge in [-0.25, -0.2) is 5.84 Å². The number of hydrogen-bond donors (Lipinski definition) is 4. The largest absolute Gasteiger partial charge is 0.487 e. The van der Waals surface area contributed by atoms with Crippen LogP contribution in [0.4, 0.5) is 0 Å². The summed E-state index contributed by atoms with van der Waals surface area (Å²) in [6.45, 7) is 11.9. The molecule has 1 saturated heterocycles. The first kappa shape index (κ1) is 38.4. The number of nitrogens with two attached hydrogens (primary N) is 2. The van der Waals surface area contributed by atoms with Crippen LogP contribution in [0.15, 0.2) is 36.2 Å². The van der Waals surface area contributed by atoms with Gasteiger partial charge in [0.2, 0.25) is 17.7 Å². The number of para-hydroxylation sites is 1. The molecule has 0 spiro atoms. The SMILES string of the molecule is CC(C)C.CC(C)CC1NC(=O)c2ccccc2OC/C(N)=C/N(N)CCCCCCNC(=O)CN(C)C(=O)C2CCCN2C1=O. The first-order valence-corrected chi connectivity index (χ1v) is 16.6. The molecule has 3 rings (SSSR count). The maximum atomic E-state index is 13.8. The monoisotopic (exact) mass is 643 g/mol. The minimum absolute atomic E-state index is 0.0249. The molecular weight excluding hydrogens is 586 g/mol. The molecule has 12 heteroatoms. The molecule has 258 valence electrons. The van der Waals surface area contributed by atoms with Crippen molar-refractivity contribution in [2.24, 2.45) is 23.4 Å². The standard InChI is InChI=1S/C30H47N7O5.C4H10/c1-21(2)17-24-29(40)37-16-10-12-25(37)30(41)35(3)19-27(38)33-14-8-4-5-9-15-36(32)18-22(31)20-42-26-13-7-6-11-23(26)28(39)34-24;1-4(2)3/h6-7,11,13,18,21,24-25H,4-5,8-10,12,14-17,19-20,31-32H2,1-3H3,(H,33,38)(H,34,39);4H,1-3H3/b22-18-;. The summed E-state index contributed by atoms with van der Waals surface area (Å²) < 4.78 is 5.89. The van der Waals surface area contributed by atoms with Crippen molar-refractivity contribution in [2.75, 3.05) is 39.8 Å². The van der Waals surface area contributed by atoms with Gasteiger partial charge >= 0.3 is 0 Å². The Kier molecular flexibility index (Phi) is 16.4. The zero-order valence-corrected chi connectivity index (χ0v) is 28.7. The number of benzene rings is 1. The Labute approximate surface area is 275 Å². The molecule has 2 atom stereocenters. The van der Waals surface area contributed by atoms with Gasteiger partial charge in [0.1, 0.15) is 24.4 Å². The van der Waals surface area contributed by atoms with E-state index in [4.69, 9.17) is 16.3 Å². The predicted octanol–water partition coefficient (Wildman–Crippen LogP) is 2.99. The summed E-state index contributed by atoms with van der Waals surface area (Å²) in [5.41, 5.74) is 6.80. The highest BCUT2D eigenvalue weighted by molar-refractivity contribution is 6.00. The fraction of sp³-hybridized carbons (Fsp3) is 0.647. The van der Waals surface area contributed by atoms with Gasteiger partial charge in [-0.2, -0.15) is 0 Å². The number of amides is 4. The fourth-order valence-electron chi connectivity index (χ4n) is 5.28. The third kappa shape index (κ3) is 13.3. The minimum Gasteiger partial charge on any atom is -0.487 e. The lowest BCUT2D eigenvalue weighted by molar-refractivity contribution is -0.145. The Morgan fingerprint density at radius 2 is 1.61 bits per heavy atom. The molecule has 0 bridgehead atoms. The Hall–Kier alpha value is -3.80. The third-order valence-electron chi connectivity index (χ3n) is 7.41. The third-order valence-corrected chi connectivity index (χ3v) is 7.41. The summed E-state index contributed by atoms with van der Waals surface area (Å²) >= 11 is 0. The van der Waals surface area contributed by atoms with Crippen molar-refractivity contribution in [3.05, 3.63) is 41.7 Å². The van der Waals surface area contributed by atoms with Crippen LogP contribution in [0.1, 0.15) is 89.9 Å². The number of nitrogens with one attached hydrogen (secondary N) is 2. The molecule has 0 aliphatic carbocycles. The van der Waals surface area contributed by atoms with Crippen molar-refractivity contribution in [1.29, 1.82) is 0 Å². The number of hydrazine groups is 1. The zero-order valence-electron chi connectivity index (χ0n) is 28.7. The zero-order chi connectivity index (χ0) is 34.2. The van der Waals surface area contributed by atoms with E-state index in [9.17, 15) is 19.2 Å². The molecule has 2 unspecified atom stereocenters. The molecule has 2 heterocycles. The first-order valence-electron chi connectivity index (χ1n) is 16.6. The van der Waals surface area contributed by atoms with E-state index in [1.54, 1.807) is 42.4 Å². The van der Waals surface area contributed by atoms with Crippen molar-refractivity contribution < 1.29 is 23.9 Å². The van der Waals surface area contributed by atoms with Crippen LogP contribution >= 0.6 is 0 Å². The Bertz CT molecular complexity index is 1170. The summed E-state index contributed by atoms with van der Waals surface area (Å²) in [6.07, 6.45) is 6.69. The van der Waals surface area contributed by atoms with E-state index in [2.05, 4.69) is 31.4 Å². The number of nitrogens with zero attached hydrogens (tertiary/aromatic N) is 3. The maximum absolute atomic E-state index is 13.8. The van der Waals surface area contributed by atoms with Crippen molar-refractivity contribution in [3.63, 3.8) is 0 Å². The topological polar surface area (TPSA) is 163 Å². The summed E-state index contributed by atoms with van der Waals surface area (Å²) in [4.78, 5) is 56.1. The number of ether oxygens (including phenoxy) is 1. The molecule has 2 aliphatic rings. The van der Waals surface area contributed by atoms with Crippen LogP contribution in [-0.2, 0) is 14.4 Å². The molecule has 46 heavy (non-hydrogen) atoms. The molecule has 0 aromatic heterocycles. The average Bonchev–Trinajstić information content (AvgIpc) is 3.47. The van der Waals surface area contributed by atoms with E-state index in [0.717, 1.165) is 31.6 Å². The van der Waals surface area contributed by atoms with E-state index in [0.29, 0.717) is 50.3 Å².